The van der Waals surface area contributed by atoms with Crippen molar-refractivity contribution in [2.45, 2.75) is 225 Å². The predicted octanol–water partition coefficient (Wildman–Crippen LogP) is 11.8. The molecular formula is C50H94NO10P. The molecule has 0 aromatic rings. The summed E-state index contributed by atoms with van der Waals surface area (Å²) in [7, 11) is 1.02. The van der Waals surface area contributed by atoms with E-state index in [1.54, 1.807) is 0 Å². The van der Waals surface area contributed by atoms with Crippen molar-refractivity contribution >= 4 is 19.8 Å². The average Bonchev–Trinajstić information content (AvgIpc) is 3.22. The van der Waals surface area contributed by atoms with E-state index in [0.29, 0.717) is 23.9 Å². The molecule has 364 valence electrons. The number of esters is 2. The quantitative estimate of drug-likeness (QED) is 0.0199. The van der Waals surface area contributed by atoms with Gasteiger partial charge in [0.25, 0.3) is 7.82 Å². The number of phosphoric acid groups is 1. The summed E-state index contributed by atoms with van der Waals surface area (Å²) in [6.07, 6.45) is 40.6. The van der Waals surface area contributed by atoms with Gasteiger partial charge in [-0.05, 0) is 51.4 Å². The van der Waals surface area contributed by atoms with Crippen LogP contribution in [0.5, 0.6) is 0 Å². The molecule has 0 spiro atoms. The minimum absolute atomic E-state index is 0.0352. The number of allylic oxidation sites excluding steroid dienone is 5. The van der Waals surface area contributed by atoms with Crippen molar-refractivity contribution in [1.82, 2.24) is 0 Å². The SMILES string of the molecule is CCCCC/C=C\C/C=C\C/C=C\CC(O)C(O)CCCC(=O)OC[C@H](COP(=O)([O-])OCC[N+](C)(C)C)OC(=O)CCCCCCCCCCCCCCCCCCCCC. The number of hydrogen-bond donors (Lipinski definition) is 2. The summed E-state index contributed by atoms with van der Waals surface area (Å²) >= 11 is 0. The zero-order valence-electron chi connectivity index (χ0n) is 40.3. The lowest BCUT2D eigenvalue weighted by Gasteiger charge is -2.28. The van der Waals surface area contributed by atoms with Gasteiger partial charge in [-0.25, -0.2) is 0 Å². The molecule has 0 aromatic carbocycles. The summed E-state index contributed by atoms with van der Waals surface area (Å²) in [4.78, 5) is 37.7. The Labute approximate surface area is 379 Å². The van der Waals surface area contributed by atoms with E-state index in [9.17, 15) is 29.3 Å². The average molecular weight is 900 g/mol. The van der Waals surface area contributed by atoms with Gasteiger partial charge in [0.2, 0.25) is 0 Å². The maximum absolute atomic E-state index is 12.7. The molecule has 4 atom stereocenters. The number of unbranched alkanes of at least 4 members (excludes halogenated alkanes) is 21. The fraction of sp³-hybridized carbons (Fsp3) is 0.840. The Morgan fingerprint density at radius 2 is 1.05 bits per heavy atom. The third kappa shape index (κ3) is 43.4. The lowest BCUT2D eigenvalue weighted by molar-refractivity contribution is -0.870. The fourth-order valence-corrected chi connectivity index (χ4v) is 7.55. The topological polar surface area (TPSA) is 152 Å². The van der Waals surface area contributed by atoms with Gasteiger partial charge in [-0.15, -0.1) is 0 Å². The van der Waals surface area contributed by atoms with Gasteiger partial charge in [0.15, 0.2) is 6.10 Å². The summed E-state index contributed by atoms with van der Waals surface area (Å²) < 4.78 is 33.8. The lowest BCUT2D eigenvalue weighted by atomic mass is 10.0. The molecule has 0 fully saturated rings. The highest BCUT2D eigenvalue weighted by Gasteiger charge is 2.22. The molecule has 3 unspecified atom stereocenters. The van der Waals surface area contributed by atoms with Crippen molar-refractivity contribution in [1.29, 1.82) is 0 Å². The zero-order valence-corrected chi connectivity index (χ0v) is 41.2. The Morgan fingerprint density at radius 3 is 1.58 bits per heavy atom. The first-order valence-electron chi connectivity index (χ1n) is 24.9. The first kappa shape index (κ1) is 60.2. The fourth-order valence-electron chi connectivity index (χ4n) is 6.82. The zero-order chi connectivity index (χ0) is 46.0. The summed E-state index contributed by atoms with van der Waals surface area (Å²) in [5, 5.41) is 20.8. The molecule has 62 heavy (non-hydrogen) atoms. The second-order valence-electron chi connectivity index (χ2n) is 18.1. The predicted molar refractivity (Wildman–Crippen MR) is 253 cm³/mol. The highest BCUT2D eigenvalue weighted by molar-refractivity contribution is 7.45. The van der Waals surface area contributed by atoms with Crippen molar-refractivity contribution in [3.8, 4) is 0 Å². The molecule has 0 rings (SSSR count). The minimum Gasteiger partial charge on any atom is -0.756 e. The molecule has 0 aromatic heterocycles. The molecule has 0 heterocycles. The molecule has 11 nitrogen and oxygen atoms in total. The van der Waals surface area contributed by atoms with Crippen LogP contribution in [0.3, 0.4) is 0 Å². The van der Waals surface area contributed by atoms with Crippen molar-refractivity contribution in [3.05, 3.63) is 36.5 Å². The van der Waals surface area contributed by atoms with E-state index in [2.05, 4.69) is 38.2 Å². The number of ether oxygens (including phenoxy) is 2. The largest absolute Gasteiger partial charge is 0.756 e. The number of hydrogen-bond acceptors (Lipinski definition) is 10. The molecule has 0 aliphatic rings. The van der Waals surface area contributed by atoms with Crippen molar-refractivity contribution in [2.75, 3.05) is 47.5 Å². The van der Waals surface area contributed by atoms with Crippen molar-refractivity contribution in [2.24, 2.45) is 0 Å². The summed E-state index contributed by atoms with van der Waals surface area (Å²) in [6, 6.07) is 0. The second kappa shape index (κ2) is 41.8. The molecular weight excluding hydrogens is 806 g/mol. The number of quaternary nitrogens is 1. The Hall–Kier alpha value is -1.85. The second-order valence-corrected chi connectivity index (χ2v) is 19.6. The monoisotopic (exact) mass is 900 g/mol. The van der Waals surface area contributed by atoms with E-state index in [1.165, 1.54) is 116 Å². The maximum Gasteiger partial charge on any atom is 0.306 e. The molecule has 12 heteroatoms. The molecule has 2 N–H and O–H groups in total. The highest BCUT2D eigenvalue weighted by Crippen LogP contribution is 2.38. The van der Waals surface area contributed by atoms with Gasteiger partial charge in [0.05, 0.1) is 40.0 Å². The van der Waals surface area contributed by atoms with Gasteiger partial charge in [-0.3, -0.25) is 14.2 Å². The lowest BCUT2D eigenvalue weighted by Crippen LogP contribution is -2.37. The van der Waals surface area contributed by atoms with Crippen LogP contribution < -0.4 is 4.89 Å². The van der Waals surface area contributed by atoms with Crippen LogP contribution in [0.2, 0.25) is 0 Å². The number of carbonyl (C=O) groups excluding carboxylic acids is 2. The van der Waals surface area contributed by atoms with Crippen LogP contribution in [0.15, 0.2) is 36.5 Å². The van der Waals surface area contributed by atoms with Crippen LogP contribution >= 0.6 is 7.82 Å². The van der Waals surface area contributed by atoms with Gasteiger partial charge in [0, 0.05) is 12.8 Å². The van der Waals surface area contributed by atoms with Gasteiger partial charge < -0.3 is 38.1 Å². The van der Waals surface area contributed by atoms with E-state index >= 15 is 0 Å². The van der Waals surface area contributed by atoms with Crippen LogP contribution in [-0.2, 0) is 32.7 Å². The first-order chi connectivity index (χ1) is 29.8. The Morgan fingerprint density at radius 1 is 0.581 bits per heavy atom. The van der Waals surface area contributed by atoms with Crippen LogP contribution in [0.25, 0.3) is 0 Å². The molecule has 0 aliphatic carbocycles. The molecule has 0 saturated carbocycles. The molecule has 0 aliphatic heterocycles. The minimum atomic E-state index is -4.70. The van der Waals surface area contributed by atoms with Crippen LogP contribution in [0.4, 0.5) is 0 Å². The Balaban J connectivity index is 4.48. The van der Waals surface area contributed by atoms with E-state index in [-0.39, 0.29) is 38.9 Å². The number of rotatable bonds is 45. The normalized spacial score (nSPS) is 14.8. The van der Waals surface area contributed by atoms with Gasteiger partial charge >= 0.3 is 11.9 Å². The van der Waals surface area contributed by atoms with E-state index in [1.807, 2.05) is 33.3 Å². The van der Waals surface area contributed by atoms with Crippen LogP contribution in [-0.4, -0.2) is 92.5 Å². The van der Waals surface area contributed by atoms with E-state index in [0.717, 1.165) is 38.5 Å². The third-order valence-electron chi connectivity index (χ3n) is 10.9. The first-order valence-corrected chi connectivity index (χ1v) is 26.3. The Bertz CT molecular complexity index is 1190. The van der Waals surface area contributed by atoms with Crippen LogP contribution in [0, 0.1) is 0 Å². The van der Waals surface area contributed by atoms with E-state index in [4.69, 9.17) is 18.5 Å². The molecule has 0 saturated heterocycles. The van der Waals surface area contributed by atoms with Crippen molar-refractivity contribution in [3.63, 3.8) is 0 Å². The molecule has 0 bridgehead atoms. The molecule has 0 radical (unpaired) electrons. The third-order valence-corrected chi connectivity index (χ3v) is 11.8. The van der Waals surface area contributed by atoms with Crippen molar-refractivity contribution < 1.29 is 52.3 Å². The maximum atomic E-state index is 12.7. The smallest absolute Gasteiger partial charge is 0.306 e. The number of likely N-dealkylation sites (N-methyl/N-ethyl adjacent to an activating group) is 1. The number of carbonyl (C=O) groups is 2. The van der Waals surface area contributed by atoms with E-state index < -0.39 is 44.7 Å². The van der Waals surface area contributed by atoms with Gasteiger partial charge in [-0.1, -0.05) is 179 Å². The highest BCUT2D eigenvalue weighted by atomic mass is 31.2. The van der Waals surface area contributed by atoms with Gasteiger partial charge in [-0.2, -0.15) is 0 Å². The number of phosphoric ester groups is 1. The standard InChI is InChI=1S/C50H94NO10P/c1-6-8-10-12-14-16-18-20-21-22-23-24-25-26-28-30-32-34-36-40-50(55)61-46(45-60-62(56,57)59-43-42-51(3,4)5)44-58-49(54)41-37-39-48(53)47(52)38-35-33-31-29-27-19-17-15-13-11-9-7-2/h15,17,27,29,33,35,46-48,52-53H,6-14,16,18-26,28,30-32,34,36-45H2,1-5H3/b17-15-,29-27-,35-33-/t46-,47?,48?/m1/s1. The molecule has 0 amide bonds. The van der Waals surface area contributed by atoms with Crippen LogP contribution in [0.1, 0.15) is 206 Å². The summed E-state index contributed by atoms with van der Waals surface area (Å²) in [6.45, 7) is 3.89. The summed E-state index contributed by atoms with van der Waals surface area (Å²) in [5.41, 5.74) is 0. The van der Waals surface area contributed by atoms with Gasteiger partial charge in [0.1, 0.15) is 19.8 Å². The summed E-state index contributed by atoms with van der Waals surface area (Å²) in [5.74, 6) is -1.11. The number of nitrogens with zero attached hydrogens (tertiary/aromatic N) is 1. The number of aliphatic hydroxyl groups is 2. The number of aliphatic hydroxyl groups excluding tert-OH is 2. The Kier molecular flexibility index (Phi) is 40.6.